The van der Waals surface area contributed by atoms with E-state index in [1.54, 1.807) is 0 Å². The van der Waals surface area contributed by atoms with Gasteiger partial charge in [0.2, 0.25) is 5.91 Å². The predicted molar refractivity (Wildman–Crippen MR) is 68.3 cm³/mol. The lowest BCUT2D eigenvalue weighted by molar-refractivity contribution is -0.138. The highest BCUT2D eigenvalue weighted by atomic mass is 16.5. The van der Waals surface area contributed by atoms with Crippen LogP contribution in [0.5, 0.6) is 0 Å². The first kappa shape index (κ1) is 13.8. The van der Waals surface area contributed by atoms with Gasteiger partial charge in [0.05, 0.1) is 17.7 Å². The van der Waals surface area contributed by atoms with Crippen LogP contribution in [-0.2, 0) is 9.53 Å². The summed E-state index contributed by atoms with van der Waals surface area (Å²) >= 11 is 0. The molecule has 0 atom stereocenters. The van der Waals surface area contributed by atoms with Gasteiger partial charge in [-0.05, 0) is 19.8 Å². The van der Waals surface area contributed by atoms with Crippen LogP contribution < -0.4 is 10.6 Å². The maximum absolute atomic E-state index is 11.9. The standard InChI is InChI=1S/C13H24N2O3/c1-12(8-14-9-12)18-7-11(17)15-13(10-16)5-3-2-4-6-13/h14,16H,2-10H2,1H3,(H,15,17). The second kappa shape index (κ2) is 5.55. The molecule has 0 aromatic heterocycles. The molecule has 1 saturated carbocycles. The summed E-state index contributed by atoms with van der Waals surface area (Å²) in [5.41, 5.74) is -0.603. The molecule has 1 amide bonds. The number of rotatable bonds is 5. The molecule has 1 saturated heterocycles. The molecule has 3 N–H and O–H groups in total. The minimum atomic E-state index is -0.405. The third-order valence-electron chi connectivity index (χ3n) is 4.07. The van der Waals surface area contributed by atoms with Crippen LogP contribution in [0.2, 0.25) is 0 Å². The number of hydrogen-bond donors (Lipinski definition) is 3. The third-order valence-corrected chi connectivity index (χ3v) is 4.07. The zero-order valence-electron chi connectivity index (χ0n) is 11.1. The number of amides is 1. The number of carbonyl (C=O) groups is 1. The monoisotopic (exact) mass is 256 g/mol. The molecule has 2 aliphatic rings. The van der Waals surface area contributed by atoms with E-state index >= 15 is 0 Å². The molecule has 1 heterocycles. The predicted octanol–water partition coefficient (Wildman–Crippen LogP) is 0.176. The van der Waals surface area contributed by atoms with Crippen LogP contribution in [0, 0.1) is 0 Å². The summed E-state index contributed by atoms with van der Waals surface area (Å²) in [7, 11) is 0. The van der Waals surface area contributed by atoms with Crippen LogP contribution in [0.4, 0.5) is 0 Å². The molecule has 0 radical (unpaired) electrons. The van der Waals surface area contributed by atoms with E-state index in [1.165, 1.54) is 6.42 Å². The quantitative estimate of drug-likeness (QED) is 0.656. The second-order valence-electron chi connectivity index (χ2n) is 5.89. The summed E-state index contributed by atoms with van der Waals surface area (Å²) < 4.78 is 5.60. The maximum Gasteiger partial charge on any atom is 0.246 e. The fourth-order valence-corrected chi connectivity index (χ4v) is 2.70. The van der Waals surface area contributed by atoms with E-state index in [4.69, 9.17) is 4.74 Å². The summed E-state index contributed by atoms with van der Waals surface area (Å²) in [5.74, 6) is -0.112. The van der Waals surface area contributed by atoms with Crippen LogP contribution >= 0.6 is 0 Å². The average Bonchev–Trinajstić information content (AvgIpc) is 2.35. The largest absolute Gasteiger partial charge is 0.394 e. The molecule has 0 spiro atoms. The Hall–Kier alpha value is -0.650. The molecule has 2 rings (SSSR count). The normalized spacial score (nSPS) is 25.2. The number of nitrogens with one attached hydrogen (secondary N) is 2. The van der Waals surface area contributed by atoms with Crippen LogP contribution in [0.15, 0.2) is 0 Å². The number of hydrogen-bond acceptors (Lipinski definition) is 4. The topological polar surface area (TPSA) is 70.6 Å². The van der Waals surface area contributed by atoms with Gasteiger partial charge in [0.25, 0.3) is 0 Å². The molecule has 104 valence electrons. The van der Waals surface area contributed by atoms with E-state index in [0.29, 0.717) is 0 Å². The Labute approximate surface area is 108 Å². The van der Waals surface area contributed by atoms with E-state index in [1.807, 2.05) is 6.92 Å². The Balaban J connectivity index is 1.78. The van der Waals surface area contributed by atoms with Crippen molar-refractivity contribution in [3.63, 3.8) is 0 Å². The Kier molecular flexibility index (Phi) is 4.25. The van der Waals surface area contributed by atoms with Crippen LogP contribution in [-0.4, -0.2) is 48.5 Å². The lowest BCUT2D eigenvalue weighted by atomic mass is 9.82. The molecule has 1 aliphatic heterocycles. The van der Waals surface area contributed by atoms with Gasteiger partial charge >= 0.3 is 0 Å². The van der Waals surface area contributed by atoms with Gasteiger partial charge in [-0.3, -0.25) is 4.79 Å². The third kappa shape index (κ3) is 3.22. The molecule has 0 aromatic carbocycles. The SMILES string of the molecule is CC1(OCC(=O)NC2(CO)CCCCC2)CNC1. The van der Waals surface area contributed by atoms with Gasteiger partial charge < -0.3 is 20.5 Å². The molecular weight excluding hydrogens is 232 g/mol. The smallest absolute Gasteiger partial charge is 0.246 e. The van der Waals surface area contributed by atoms with Crippen molar-refractivity contribution >= 4 is 5.91 Å². The number of carbonyl (C=O) groups excluding carboxylic acids is 1. The van der Waals surface area contributed by atoms with Crippen molar-refractivity contribution in [1.82, 2.24) is 10.6 Å². The zero-order chi connectivity index (χ0) is 13.1. The Bertz CT molecular complexity index is 297. The molecule has 0 unspecified atom stereocenters. The van der Waals surface area contributed by atoms with Crippen LogP contribution in [0.1, 0.15) is 39.0 Å². The van der Waals surface area contributed by atoms with Crippen molar-refractivity contribution in [3.05, 3.63) is 0 Å². The van der Waals surface area contributed by atoms with Crippen molar-refractivity contribution in [1.29, 1.82) is 0 Å². The lowest BCUT2D eigenvalue weighted by Gasteiger charge is -2.40. The first-order valence-electron chi connectivity index (χ1n) is 6.84. The molecule has 2 fully saturated rings. The highest BCUT2D eigenvalue weighted by Crippen LogP contribution is 2.27. The molecule has 5 heteroatoms. The molecule has 0 bridgehead atoms. The van der Waals surface area contributed by atoms with Gasteiger partial charge in [0.15, 0.2) is 0 Å². The summed E-state index contributed by atoms with van der Waals surface area (Å²) in [6, 6.07) is 0. The first-order chi connectivity index (χ1) is 8.58. The summed E-state index contributed by atoms with van der Waals surface area (Å²) in [5, 5.41) is 15.6. The highest BCUT2D eigenvalue weighted by Gasteiger charge is 2.35. The Morgan fingerprint density at radius 1 is 1.33 bits per heavy atom. The Morgan fingerprint density at radius 3 is 2.50 bits per heavy atom. The minimum Gasteiger partial charge on any atom is -0.394 e. The molecule has 1 aliphatic carbocycles. The zero-order valence-corrected chi connectivity index (χ0v) is 11.1. The fourth-order valence-electron chi connectivity index (χ4n) is 2.70. The highest BCUT2D eigenvalue weighted by molar-refractivity contribution is 5.78. The van der Waals surface area contributed by atoms with Crippen molar-refractivity contribution < 1.29 is 14.6 Å². The van der Waals surface area contributed by atoms with E-state index in [0.717, 1.165) is 38.8 Å². The average molecular weight is 256 g/mol. The van der Waals surface area contributed by atoms with E-state index in [2.05, 4.69) is 10.6 Å². The van der Waals surface area contributed by atoms with Crippen LogP contribution in [0.3, 0.4) is 0 Å². The van der Waals surface area contributed by atoms with Gasteiger partial charge in [-0.25, -0.2) is 0 Å². The van der Waals surface area contributed by atoms with Gasteiger partial charge in [-0.15, -0.1) is 0 Å². The minimum absolute atomic E-state index is 0.0254. The molecule has 5 nitrogen and oxygen atoms in total. The van der Waals surface area contributed by atoms with Crippen molar-refractivity contribution in [2.24, 2.45) is 0 Å². The van der Waals surface area contributed by atoms with Gasteiger partial charge in [0, 0.05) is 13.1 Å². The summed E-state index contributed by atoms with van der Waals surface area (Å²) in [6.07, 6.45) is 5.08. The lowest BCUT2D eigenvalue weighted by Crippen LogP contribution is -2.60. The first-order valence-corrected chi connectivity index (χ1v) is 6.84. The van der Waals surface area contributed by atoms with E-state index < -0.39 is 5.54 Å². The van der Waals surface area contributed by atoms with Crippen LogP contribution in [0.25, 0.3) is 0 Å². The Morgan fingerprint density at radius 2 is 2.00 bits per heavy atom. The fraction of sp³-hybridized carbons (Fsp3) is 0.923. The van der Waals surface area contributed by atoms with E-state index in [-0.39, 0.29) is 24.7 Å². The second-order valence-corrected chi connectivity index (χ2v) is 5.89. The van der Waals surface area contributed by atoms with Crippen molar-refractivity contribution in [2.45, 2.75) is 50.2 Å². The number of aliphatic hydroxyl groups is 1. The molecular formula is C13H24N2O3. The van der Waals surface area contributed by atoms with Crippen molar-refractivity contribution in [3.8, 4) is 0 Å². The van der Waals surface area contributed by atoms with Gasteiger partial charge in [-0.2, -0.15) is 0 Å². The molecule has 0 aromatic rings. The number of ether oxygens (including phenoxy) is 1. The summed E-state index contributed by atoms with van der Waals surface area (Å²) in [6.45, 7) is 3.70. The van der Waals surface area contributed by atoms with E-state index in [9.17, 15) is 9.90 Å². The number of aliphatic hydroxyl groups excluding tert-OH is 1. The van der Waals surface area contributed by atoms with Gasteiger partial charge in [-0.1, -0.05) is 19.3 Å². The summed E-state index contributed by atoms with van der Waals surface area (Å²) in [4.78, 5) is 11.9. The maximum atomic E-state index is 11.9. The molecule has 18 heavy (non-hydrogen) atoms. The van der Waals surface area contributed by atoms with Crippen molar-refractivity contribution in [2.75, 3.05) is 26.3 Å². The van der Waals surface area contributed by atoms with Gasteiger partial charge in [0.1, 0.15) is 6.61 Å².